The van der Waals surface area contributed by atoms with Crippen molar-refractivity contribution in [3.63, 3.8) is 0 Å². The third-order valence-corrected chi connectivity index (χ3v) is 7.07. The number of nitrogens with zero attached hydrogens (tertiary/aromatic N) is 1. The number of ether oxygens (including phenoxy) is 4. The quantitative estimate of drug-likeness (QED) is 0.227. The van der Waals surface area contributed by atoms with E-state index in [2.05, 4.69) is 4.98 Å². The lowest BCUT2D eigenvalue weighted by Crippen LogP contribution is -2.42. The van der Waals surface area contributed by atoms with Gasteiger partial charge in [0.15, 0.2) is 6.29 Å². The fraction of sp³-hybridized carbons (Fsp3) is 0.323. The second-order valence-corrected chi connectivity index (χ2v) is 9.89. The zero-order valence-electron chi connectivity index (χ0n) is 22.4. The van der Waals surface area contributed by atoms with Gasteiger partial charge >= 0.3 is 6.09 Å². The monoisotopic (exact) mass is 548 g/mol. The van der Waals surface area contributed by atoms with Gasteiger partial charge in [0, 0.05) is 41.4 Å². The molecule has 1 amide bonds. The zero-order chi connectivity index (χ0) is 27.4. The number of halogens is 1. The highest BCUT2D eigenvalue weighted by atomic mass is 35.5. The molecule has 0 spiro atoms. The van der Waals surface area contributed by atoms with Gasteiger partial charge in [0.2, 0.25) is 0 Å². The van der Waals surface area contributed by atoms with E-state index in [0.717, 1.165) is 33.3 Å². The zero-order valence-corrected chi connectivity index (χ0v) is 23.2. The molecule has 0 aliphatic carbocycles. The third-order valence-electron chi connectivity index (χ3n) is 6.84. The Hall–Kier alpha value is -3.52. The second kappa shape index (κ2) is 12.1. The molecule has 0 fully saturated rings. The van der Waals surface area contributed by atoms with Crippen molar-refractivity contribution in [1.82, 2.24) is 9.88 Å². The van der Waals surface area contributed by atoms with Crippen LogP contribution in [0.2, 0.25) is 5.02 Å². The summed E-state index contributed by atoms with van der Waals surface area (Å²) >= 11 is 6.33. The van der Waals surface area contributed by atoms with Gasteiger partial charge in [0.25, 0.3) is 0 Å². The first-order valence-electron chi connectivity index (χ1n) is 13.3. The Balaban J connectivity index is 1.44. The summed E-state index contributed by atoms with van der Waals surface area (Å²) in [6, 6.07) is 20.7. The molecule has 0 saturated heterocycles. The Labute approximate surface area is 233 Å². The van der Waals surface area contributed by atoms with Crippen LogP contribution in [0.4, 0.5) is 4.79 Å². The molecule has 39 heavy (non-hydrogen) atoms. The average Bonchev–Trinajstić information content (AvgIpc) is 3.31. The van der Waals surface area contributed by atoms with Crippen molar-refractivity contribution in [3.05, 3.63) is 94.1 Å². The third kappa shape index (κ3) is 6.06. The summed E-state index contributed by atoms with van der Waals surface area (Å²) in [5, 5.41) is 1.76. The van der Waals surface area contributed by atoms with E-state index >= 15 is 0 Å². The van der Waals surface area contributed by atoms with Crippen LogP contribution in [0.5, 0.6) is 11.5 Å². The smallest absolute Gasteiger partial charge is 0.416 e. The maximum absolute atomic E-state index is 13.5. The summed E-state index contributed by atoms with van der Waals surface area (Å²) in [5.74, 6) is 1.21. The predicted octanol–water partition coefficient (Wildman–Crippen LogP) is 7.05. The number of rotatable bonds is 9. The lowest BCUT2D eigenvalue weighted by molar-refractivity contribution is -0.152. The molecule has 1 aliphatic heterocycles. The van der Waals surface area contributed by atoms with Gasteiger partial charge in [-0.2, -0.15) is 0 Å². The number of fused-ring (bicyclic) bond motifs is 3. The molecule has 0 radical (unpaired) electrons. The van der Waals surface area contributed by atoms with E-state index in [4.69, 9.17) is 30.5 Å². The van der Waals surface area contributed by atoms with E-state index in [0.29, 0.717) is 42.7 Å². The van der Waals surface area contributed by atoms with Crippen LogP contribution in [0.25, 0.3) is 10.9 Å². The molecule has 1 aliphatic rings. The molecule has 7 nitrogen and oxygen atoms in total. The maximum Gasteiger partial charge on any atom is 0.416 e. The lowest BCUT2D eigenvalue weighted by Gasteiger charge is -2.35. The highest BCUT2D eigenvalue weighted by Crippen LogP contribution is 2.40. The summed E-state index contributed by atoms with van der Waals surface area (Å²) in [7, 11) is 0. The number of aromatic amines is 1. The number of H-pyrrole nitrogens is 1. The molecular weight excluding hydrogens is 516 g/mol. The SMILES string of the molecule is CCOC(COc1ccc(C2c3[nH]c4ccc(Cl)cc4c3CCN2C(=O)Oc2ccc(C)cc2)cc1)OCC. The molecule has 204 valence electrons. The van der Waals surface area contributed by atoms with Gasteiger partial charge < -0.3 is 23.9 Å². The number of carbonyl (C=O) groups is 1. The van der Waals surface area contributed by atoms with Crippen molar-refractivity contribution < 1.29 is 23.7 Å². The first-order chi connectivity index (χ1) is 19.0. The predicted molar refractivity (Wildman–Crippen MR) is 152 cm³/mol. The standard InChI is InChI=1S/C31H33ClN2O5/c1-4-36-28(37-5-2)19-38-23-13-8-21(9-14-23)30-29-25(26-18-22(32)10-15-27(26)33-29)16-17-34(30)31(35)39-24-11-6-20(3)7-12-24/h6-15,18,28,30,33H,4-5,16-17,19H2,1-3H3. The first-order valence-corrected chi connectivity index (χ1v) is 13.7. The van der Waals surface area contributed by atoms with Crippen LogP contribution in [0.1, 0.15) is 42.3 Å². The van der Waals surface area contributed by atoms with Crippen molar-refractivity contribution in [1.29, 1.82) is 0 Å². The summed E-state index contributed by atoms with van der Waals surface area (Å²) in [6.45, 7) is 7.72. The maximum atomic E-state index is 13.5. The van der Waals surface area contributed by atoms with E-state index in [9.17, 15) is 4.79 Å². The van der Waals surface area contributed by atoms with E-state index < -0.39 is 12.4 Å². The second-order valence-electron chi connectivity index (χ2n) is 9.45. The van der Waals surface area contributed by atoms with Crippen molar-refractivity contribution >= 4 is 28.6 Å². The fourth-order valence-electron chi connectivity index (χ4n) is 5.00. The molecule has 8 heteroatoms. The Morgan fingerprint density at radius 3 is 2.38 bits per heavy atom. The van der Waals surface area contributed by atoms with Gasteiger partial charge in [-0.25, -0.2) is 4.79 Å². The molecule has 4 aromatic rings. The topological polar surface area (TPSA) is 73.0 Å². The fourth-order valence-corrected chi connectivity index (χ4v) is 5.17. The van der Waals surface area contributed by atoms with Crippen molar-refractivity contribution in [3.8, 4) is 11.5 Å². The molecule has 0 saturated carbocycles. The minimum Gasteiger partial charge on any atom is -0.488 e. The van der Waals surface area contributed by atoms with Gasteiger partial charge in [-0.1, -0.05) is 41.4 Å². The van der Waals surface area contributed by atoms with Crippen LogP contribution in [-0.2, 0) is 15.9 Å². The molecule has 2 heterocycles. The van der Waals surface area contributed by atoms with Gasteiger partial charge in [-0.3, -0.25) is 4.90 Å². The Morgan fingerprint density at radius 2 is 1.69 bits per heavy atom. The molecule has 1 aromatic heterocycles. The first kappa shape index (κ1) is 27.1. The van der Waals surface area contributed by atoms with E-state index in [1.165, 1.54) is 0 Å². The minimum atomic E-state index is -0.425. The number of amides is 1. The number of aryl methyl sites for hydroxylation is 1. The number of benzene rings is 3. The van der Waals surface area contributed by atoms with Crippen LogP contribution in [0.15, 0.2) is 66.7 Å². The molecule has 1 unspecified atom stereocenters. The Morgan fingerprint density at radius 1 is 1.00 bits per heavy atom. The Bertz CT molecular complexity index is 1410. The highest BCUT2D eigenvalue weighted by molar-refractivity contribution is 6.31. The van der Waals surface area contributed by atoms with Crippen LogP contribution >= 0.6 is 11.6 Å². The number of hydrogen-bond acceptors (Lipinski definition) is 5. The van der Waals surface area contributed by atoms with Crippen molar-refractivity contribution in [2.75, 3.05) is 26.4 Å². The molecule has 5 rings (SSSR count). The molecule has 0 bridgehead atoms. The van der Waals surface area contributed by atoms with Crippen LogP contribution < -0.4 is 9.47 Å². The number of aromatic nitrogens is 1. The number of hydrogen-bond donors (Lipinski definition) is 1. The largest absolute Gasteiger partial charge is 0.488 e. The van der Waals surface area contributed by atoms with E-state index in [1.54, 1.807) is 4.90 Å². The highest BCUT2D eigenvalue weighted by Gasteiger charge is 2.35. The Kier molecular flexibility index (Phi) is 8.41. The van der Waals surface area contributed by atoms with Crippen molar-refractivity contribution in [2.24, 2.45) is 0 Å². The van der Waals surface area contributed by atoms with Crippen LogP contribution in [0.3, 0.4) is 0 Å². The van der Waals surface area contributed by atoms with E-state index in [1.807, 2.05) is 87.5 Å². The number of carbonyl (C=O) groups excluding carboxylic acids is 1. The van der Waals surface area contributed by atoms with Gasteiger partial charge in [0.1, 0.15) is 24.1 Å². The summed E-state index contributed by atoms with van der Waals surface area (Å²) in [6.07, 6.45) is -0.138. The lowest BCUT2D eigenvalue weighted by atomic mass is 9.92. The normalized spacial score (nSPS) is 15.0. The number of nitrogens with one attached hydrogen (secondary N) is 1. The average molecular weight is 549 g/mol. The van der Waals surface area contributed by atoms with E-state index in [-0.39, 0.29) is 12.6 Å². The van der Waals surface area contributed by atoms with Gasteiger partial charge in [-0.15, -0.1) is 0 Å². The minimum absolute atomic E-state index is 0.284. The molecule has 3 aromatic carbocycles. The van der Waals surface area contributed by atoms with Crippen LogP contribution in [0, 0.1) is 6.92 Å². The summed E-state index contributed by atoms with van der Waals surface area (Å²) in [5.41, 5.74) is 5.14. The molecule has 1 atom stereocenters. The summed E-state index contributed by atoms with van der Waals surface area (Å²) in [4.78, 5) is 18.8. The van der Waals surface area contributed by atoms with Crippen molar-refractivity contribution in [2.45, 2.75) is 39.5 Å². The van der Waals surface area contributed by atoms with Gasteiger partial charge in [0.05, 0.1) is 0 Å². The summed E-state index contributed by atoms with van der Waals surface area (Å²) < 4.78 is 22.9. The van der Waals surface area contributed by atoms with Crippen LogP contribution in [-0.4, -0.2) is 48.6 Å². The molecule has 1 N–H and O–H groups in total. The van der Waals surface area contributed by atoms with Gasteiger partial charge in [-0.05, 0) is 80.8 Å². The molecular formula is C31H33ClN2O5.